The molecule has 0 spiro atoms. The molecule has 0 saturated heterocycles. The first kappa shape index (κ1) is 7.62. The van der Waals surface area contributed by atoms with Crippen molar-refractivity contribution in [2.24, 2.45) is 0 Å². The van der Waals surface area contributed by atoms with E-state index < -0.39 is 0 Å². The van der Waals surface area contributed by atoms with Crippen LogP contribution in [-0.2, 0) is 5.75 Å². The molecule has 2 heteroatoms. The Morgan fingerprint density at radius 2 is 2.17 bits per heavy atom. The van der Waals surface area contributed by atoms with E-state index in [2.05, 4.69) is 35.8 Å². The lowest BCUT2D eigenvalue weighted by atomic mass is 10.1. The van der Waals surface area contributed by atoms with Gasteiger partial charge in [-0.25, -0.2) is 0 Å². The molecule has 0 aliphatic rings. The highest BCUT2D eigenvalue weighted by Gasteiger charge is 1.93. The van der Waals surface area contributed by atoms with E-state index in [0.717, 1.165) is 11.3 Å². The van der Waals surface area contributed by atoms with Crippen LogP contribution < -0.4 is 0 Å². The van der Waals surface area contributed by atoms with Crippen molar-refractivity contribution in [2.75, 3.05) is 0 Å². The van der Waals surface area contributed by atoms with Crippen molar-refractivity contribution in [1.82, 2.24) is 4.98 Å². The summed E-state index contributed by atoms with van der Waals surface area (Å²) in [5.41, 5.74) is 2.28. The van der Waals surface area contributed by atoms with Crippen LogP contribution in [0.4, 0.5) is 0 Å². The highest BCUT2D eigenvalue weighted by Crippen LogP contribution is 2.14. The summed E-state index contributed by atoms with van der Waals surface area (Å²) in [6.45, 7) is 0. The highest BCUT2D eigenvalue weighted by molar-refractivity contribution is 7.79. The Bertz CT molecular complexity index is 398. The maximum atomic E-state index is 4.23. The normalized spacial score (nSPS) is 10.4. The van der Waals surface area contributed by atoms with E-state index in [0.29, 0.717) is 0 Å². The quantitative estimate of drug-likeness (QED) is 0.657. The molecule has 2 rings (SSSR count). The summed E-state index contributed by atoms with van der Waals surface area (Å²) >= 11 is 4.22. The number of fused-ring (bicyclic) bond motifs is 1. The standard InChI is InChI=1S/C10H9NS/c12-7-8-3-4-10-9(6-8)2-1-5-11-10/h1-6,12H,7H2. The van der Waals surface area contributed by atoms with Crippen LogP contribution in [0.2, 0.25) is 0 Å². The third-order valence-corrected chi connectivity index (χ3v) is 2.22. The van der Waals surface area contributed by atoms with Crippen LogP contribution in [0, 0.1) is 0 Å². The average molecular weight is 175 g/mol. The van der Waals surface area contributed by atoms with Gasteiger partial charge in [0.15, 0.2) is 0 Å². The molecule has 12 heavy (non-hydrogen) atoms. The summed E-state index contributed by atoms with van der Waals surface area (Å²) in [7, 11) is 0. The molecule has 1 aromatic heterocycles. The number of hydrogen-bond acceptors (Lipinski definition) is 2. The van der Waals surface area contributed by atoms with E-state index >= 15 is 0 Å². The number of rotatable bonds is 1. The fourth-order valence-electron chi connectivity index (χ4n) is 1.22. The Kier molecular flexibility index (Phi) is 2.00. The number of pyridine rings is 1. The zero-order valence-corrected chi connectivity index (χ0v) is 7.46. The Labute approximate surface area is 76.9 Å². The van der Waals surface area contributed by atoms with Crippen LogP contribution in [0.3, 0.4) is 0 Å². The first-order valence-electron chi connectivity index (χ1n) is 3.84. The molecular weight excluding hydrogens is 166 g/mol. The zero-order chi connectivity index (χ0) is 8.39. The summed E-state index contributed by atoms with van der Waals surface area (Å²) in [5.74, 6) is 0.783. The Morgan fingerprint density at radius 1 is 1.25 bits per heavy atom. The van der Waals surface area contributed by atoms with Crippen molar-refractivity contribution in [3.63, 3.8) is 0 Å². The molecule has 0 bridgehead atoms. The molecule has 0 radical (unpaired) electrons. The maximum absolute atomic E-state index is 4.23. The molecule has 0 amide bonds. The molecule has 0 saturated carbocycles. The Morgan fingerprint density at radius 3 is 3.00 bits per heavy atom. The van der Waals surface area contributed by atoms with E-state index in [1.165, 1.54) is 10.9 Å². The predicted octanol–water partition coefficient (Wildman–Crippen LogP) is 2.66. The second kappa shape index (κ2) is 3.15. The molecule has 0 fully saturated rings. The van der Waals surface area contributed by atoms with E-state index in [-0.39, 0.29) is 0 Å². The van der Waals surface area contributed by atoms with Gasteiger partial charge in [0.2, 0.25) is 0 Å². The molecule has 0 unspecified atom stereocenters. The minimum absolute atomic E-state index is 0.783. The zero-order valence-electron chi connectivity index (χ0n) is 6.57. The van der Waals surface area contributed by atoms with Crippen LogP contribution in [0.15, 0.2) is 36.5 Å². The predicted molar refractivity (Wildman–Crippen MR) is 54.4 cm³/mol. The minimum atomic E-state index is 0.783. The lowest BCUT2D eigenvalue weighted by Gasteiger charge is -1.98. The topological polar surface area (TPSA) is 12.9 Å². The van der Waals surface area contributed by atoms with Crippen molar-refractivity contribution in [3.05, 3.63) is 42.1 Å². The van der Waals surface area contributed by atoms with Crippen LogP contribution in [0.25, 0.3) is 10.9 Å². The molecule has 1 nitrogen and oxygen atoms in total. The van der Waals surface area contributed by atoms with E-state index in [4.69, 9.17) is 0 Å². The fraction of sp³-hybridized carbons (Fsp3) is 0.100. The van der Waals surface area contributed by atoms with Gasteiger partial charge in [0.25, 0.3) is 0 Å². The molecule has 60 valence electrons. The maximum Gasteiger partial charge on any atom is 0.0702 e. The number of benzene rings is 1. The van der Waals surface area contributed by atoms with Crippen molar-refractivity contribution >= 4 is 23.5 Å². The first-order valence-corrected chi connectivity index (χ1v) is 4.48. The third-order valence-electron chi connectivity index (χ3n) is 1.85. The average Bonchev–Trinajstić information content (AvgIpc) is 2.17. The van der Waals surface area contributed by atoms with Gasteiger partial charge in [0, 0.05) is 17.3 Å². The van der Waals surface area contributed by atoms with Crippen molar-refractivity contribution in [3.8, 4) is 0 Å². The molecule has 1 aromatic carbocycles. The van der Waals surface area contributed by atoms with Crippen molar-refractivity contribution in [2.45, 2.75) is 5.75 Å². The summed E-state index contributed by atoms with van der Waals surface area (Å²) < 4.78 is 0. The van der Waals surface area contributed by atoms with Crippen LogP contribution >= 0.6 is 12.6 Å². The third kappa shape index (κ3) is 1.30. The lowest BCUT2D eigenvalue weighted by Crippen LogP contribution is -1.80. The second-order valence-electron chi connectivity index (χ2n) is 2.69. The molecule has 1 heterocycles. The van der Waals surface area contributed by atoms with E-state index in [9.17, 15) is 0 Å². The highest BCUT2D eigenvalue weighted by atomic mass is 32.1. The lowest BCUT2D eigenvalue weighted by molar-refractivity contribution is 1.38. The van der Waals surface area contributed by atoms with Gasteiger partial charge in [-0.15, -0.1) is 0 Å². The second-order valence-corrected chi connectivity index (χ2v) is 3.00. The van der Waals surface area contributed by atoms with E-state index in [1.54, 1.807) is 0 Å². The van der Waals surface area contributed by atoms with Gasteiger partial charge in [0.1, 0.15) is 0 Å². The molecule has 2 aromatic rings. The van der Waals surface area contributed by atoms with Gasteiger partial charge in [-0.3, -0.25) is 4.98 Å². The van der Waals surface area contributed by atoms with Gasteiger partial charge in [-0.2, -0.15) is 12.6 Å². The van der Waals surface area contributed by atoms with Crippen LogP contribution in [0.5, 0.6) is 0 Å². The van der Waals surface area contributed by atoms with Gasteiger partial charge in [-0.05, 0) is 23.8 Å². The largest absolute Gasteiger partial charge is 0.256 e. The summed E-state index contributed by atoms with van der Waals surface area (Å²) in [5, 5.41) is 1.18. The minimum Gasteiger partial charge on any atom is -0.256 e. The smallest absolute Gasteiger partial charge is 0.0702 e. The van der Waals surface area contributed by atoms with Gasteiger partial charge < -0.3 is 0 Å². The SMILES string of the molecule is SCc1ccc2ncccc2c1. The van der Waals surface area contributed by atoms with Crippen LogP contribution in [0.1, 0.15) is 5.56 Å². The number of aromatic nitrogens is 1. The number of thiol groups is 1. The fourth-order valence-corrected chi connectivity index (χ4v) is 1.42. The summed E-state index contributed by atoms with van der Waals surface area (Å²) in [6, 6.07) is 10.2. The van der Waals surface area contributed by atoms with Crippen molar-refractivity contribution in [1.29, 1.82) is 0 Å². The van der Waals surface area contributed by atoms with Crippen molar-refractivity contribution < 1.29 is 0 Å². The number of hydrogen-bond donors (Lipinski definition) is 1. The molecule has 0 N–H and O–H groups in total. The molecular formula is C10H9NS. The van der Waals surface area contributed by atoms with Gasteiger partial charge >= 0.3 is 0 Å². The monoisotopic (exact) mass is 175 g/mol. The first-order chi connectivity index (χ1) is 5.90. The van der Waals surface area contributed by atoms with Gasteiger partial charge in [-0.1, -0.05) is 12.1 Å². The summed E-state index contributed by atoms with van der Waals surface area (Å²) in [6.07, 6.45) is 1.81. The molecule has 0 atom stereocenters. The van der Waals surface area contributed by atoms with E-state index in [1.807, 2.05) is 18.3 Å². The number of nitrogens with zero attached hydrogens (tertiary/aromatic N) is 1. The van der Waals surface area contributed by atoms with Gasteiger partial charge in [0.05, 0.1) is 5.52 Å². The Balaban J connectivity index is 2.67. The van der Waals surface area contributed by atoms with Crippen LogP contribution in [-0.4, -0.2) is 4.98 Å². The Hall–Kier alpha value is -1.02. The molecule has 0 aliphatic heterocycles. The summed E-state index contributed by atoms with van der Waals surface area (Å²) in [4.78, 5) is 4.23. The molecule has 0 aliphatic carbocycles.